The monoisotopic (exact) mass is 934 g/mol. The number of alkyl halides is 3. The van der Waals surface area contributed by atoms with E-state index in [1.807, 2.05) is 36.4 Å². The highest BCUT2D eigenvalue weighted by Crippen LogP contribution is 2.47. The molecule has 8 atom stereocenters. The number of anilines is 2. The van der Waals surface area contributed by atoms with Crippen LogP contribution in [0.25, 0.3) is 0 Å². The van der Waals surface area contributed by atoms with Crippen molar-refractivity contribution in [2.24, 2.45) is 11.8 Å². The van der Waals surface area contributed by atoms with Crippen molar-refractivity contribution in [3.63, 3.8) is 0 Å². The van der Waals surface area contributed by atoms with Crippen LogP contribution in [0.1, 0.15) is 99.6 Å². The van der Waals surface area contributed by atoms with E-state index in [1.54, 1.807) is 30.9 Å². The molecular weight excluding hydrogens is 874 g/mol. The molecule has 0 spiro atoms. The third-order valence-electron chi connectivity index (χ3n) is 13.7. The standard InChI is InChI=1S/C50H61F3N4O10/c1-30(64-3)38(28-45(59)66-5)48(62)55-25-7-9-42(55)44(58)27-32-11-13-33(14-12-32)40-23-24-41(57(40)37-21-17-35(18-22-37)50(51,52)53)34-15-19-36(20-16-34)54-47(61)43-10-8-26-56(43)49(63)39(31(2)65-4)29-46(60)67-6/h11-22,30-31,38-43H,7-10,23-29H2,1-6H3,(H,54,61)/t30-,31-,38+,39+,40-,41-,42+,43?/m1/s1. The molecule has 3 aromatic rings. The smallest absolute Gasteiger partial charge is 0.416 e. The van der Waals surface area contributed by atoms with E-state index in [0.29, 0.717) is 63.0 Å². The molecule has 3 amide bonds. The summed E-state index contributed by atoms with van der Waals surface area (Å²) in [6, 6.07) is 18.1. The summed E-state index contributed by atoms with van der Waals surface area (Å²) in [7, 11) is 5.42. The van der Waals surface area contributed by atoms with Gasteiger partial charge in [-0.3, -0.25) is 28.8 Å². The molecule has 3 heterocycles. The highest BCUT2D eigenvalue weighted by atomic mass is 19.4. The van der Waals surface area contributed by atoms with Crippen LogP contribution in [0.4, 0.5) is 24.5 Å². The van der Waals surface area contributed by atoms with Crippen molar-refractivity contribution < 1.29 is 60.9 Å². The molecule has 3 aliphatic rings. The molecule has 14 nitrogen and oxygen atoms in total. The van der Waals surface area contributed by atoms with Crippen LogP contribution in [0.2, 0.25) is 0 Å². The molecular formula is C50H61F3N4O10. The Morgan fingerprint density at radius 2 is 1.10 bits per heavy atom. The van der Waals surface area contributed by atoms with Gasteiger partial charge in [-0.2, -0.15) is 13.2 Å². The summed E-state index contributed by atoms with van der Waals surface area (Å²) in [4.78, 5) is 84.3. The molecule has 0 radical (unpaired) electrons. The van der Waals surface area contributed by atoms with E-state index in [2.05, 4.69) is 10.2 Å². The van der Waals surface area contributed by atoms with Gasteiger partial charge in [0, 0.05) is 45.1 Å². The predicted molar refractivity (Wildman–Crippen MR) is 242 cm³/mol. The first kappa shape index (κ1) is 50.6. The predicted octanol–water partition coefficient (Wildman–Crippen LogP) is 7.25. The third-order valence-corrected chi connectivity index (χ3v) is 13.7. The number of carbonyl (C=O) groups is 6. The maximum atomic E-state index is 13.8. The van der Waals surface area contributed by atoms with Gasteiger partial charge in [0.1, 0.15) is 6.04 Å². The largest absolute Gasteiger partial charge is 0.469 e. The van der Waals surface area contributed by atoms with E-state index in [4.69, 9.17) is 18.9 Å². The Kier molecular flexibility index (Phi) is 16.9. The first-order chi connectivity index (χ1) is 32.0. The van der Waals surface area contributed by atoms with Crippen molar-refractivity contribution in [3.8, 4) is 0 Å². The number of hydrogen-bond acceptors (Lipinski definition) is 11. The molecule has 67 heavy (non-hydrogen) atoms. The Labute approximate surface area is 389 Å². The molecule has 3 aromatic carbocycles. The second-order valence-electron chi connectivity index (χ2n) is 17.6. The van der Waals surface area contributed by atoms with Crippen LogP contribution in [-0.4, -0.2) is 111 Å². The molecule has 0 bridgehead atoms. The van der Waals surface area contributed by atoms with E-state index in [1.165, 1.54) is 45.5 Å². The first-order valence-electron chi connectivity index (χ1n) is 22.8. The van der Waals surface area contributed by atoms with Crippen molar-refractivity contribution in [2.75, 3.05) is 51.7 Å². The number of nitrogens with zero attached hydrogens (tertiary/aromatic N) is 3. The van der Waals surface area contributed by atoms with Gasteiger partial charge in [-0.25, -0.2) is 0 Å². The van der Waals surface area contributed by atoms with Gasteiger partial charge >= 0.3 is 18.1 Å². The number of carbonyl (C=O) groups excluding carboxylic acids is 6. The summed E-state index contributed by atoms with van der Waals surface area (Å²) in [5.41, 5.74) is 2.86. The molecule has 6 rings (SSSR count). The zero-order chi connectivity index (χ0) is 48.6. The number of likely N-dealkylation sites (tertiary alicyclic amines) is 2. The Hall–Kier alpha value is -5.81. The molecule has 1 N–H and O–H groups in total. The fourth-order valence-corrected chi connectivity index (χ4v) is 9.70. The van der Waals surface area contributed by atoms with E-state index in [-0.39, 0.29) is 54.9 Å². The fraction of sp³-hybridized carbons (Fsp3) is 0.520. The van der Waals surface area contributed by atoms with Crippen molar-refractivity contribution in [2.45, 2.75) is 114 Å². The number of halogens is 3. The Balaban J connectivity index is 1.17. The minimum atomic E-state index is -4.51. The SMILES string of the molecule is COC(=O)C[C@H](C(=O)N1CCCC1C(=O)Nc1ccc([C@H]2CC[C@H](c3ccc(CC(=O)[C@@H]4CCCN4C(=O)[C@@H](CC(=O)OC)[C@@H](C)OC)cc3)N2c2ccc(C(F)(F)F)cc2)cc1)[C@@H](C)OC. The van der Waals surface area contributed by atoms with Gasteiger partial charge in [0.2, 0.25) is 17.7 Å². The lowest BCUT2D eigenvalue weighted by molar-refractivity contribution is -0.151. The van der Waals surface area contributed by atoms with Crippen LogP contribution in [0, 0.1) is 11.8 Å². The lowest BCUT2D eigenvalue weighted by Gasteiger charge is -2.34. The summed E-state index contributed by atoms with van der Waals surface area (Å²) in [5, 5.41) is 2.94. The van der Waals surface area contributed by atoms with Crippen LogP contribution >= 0.6 is 0 Å². The van der Waals surface area contributed by atoms with Gasteiger partial charge in [-0.1, -0.05) is 36.4 Å². The average Bonchev–Trinajstić information content (AvgIpc) is 4.13. The molecule has 3 aliphatic heterocycles. The highest BCUT2D eigenvalue weighted by molar-refractivity contribution is 5.98. The van der Waals surface area contributed by atoms with Crippen molar-refractivity contribution in [1.29, 1.82) is 0 Å². The minimum absolute atomic E-state index is 0.0764. The number of ether oxygens (including phenoxy) is 4. The van der Waals surface area contributed by atoms with Crippen LogP contribution < -0.4 is 10.2 Å². The fourth-order valence-electron chi connectivity index (χ4n) is 9.70. The van der Waals surface area contributed by atoms with Gasteiger partial charge in [0.15, 0.2) is 5.78 Å². The number of ketones is 1. The lowest BCUT2D eigenvalue weighted by Crippen LogP contribution is -2.48. The van der Waals surface area contributed by atoms with E-state index >= 15 is 0 Å². The Bertz CT molecular complexity index is 2090. The normalized spacial score (nSPS) is 21.4. The van der Waals surface area contributed by atoms with Crippen LogP contribution in [-0.2, 0) is 60.3 Å². The van der Waals surface area contributed by atoms with Gasteiger partial charge in [0.25, 0.3) is 0 Å². The van der Waals surface area contributed by atoms with Crippen LogP contribution in [0.15, 0.2) is 72.8 Å². The van der Waals surface area contributed by atoms with Crippen LogP contribution in [0.3, 0.4) is 0 Å². The summed E-state index contributed by atoms with van der Waals surface area (Å²) < 4.78 is 61.5. The summed E-state index contributed by atoms with van der Waals surface area (Å²) >= 11 is 0. The molecule has 0 aliphatic carbocycles. The van der Waals surface area contributed by atoms with Crippen molar-refractivity contribution in [1.82, 2.24) is 9.80 Å². The van der Waals surface area contributed by atoms with Gasteiger partial charge in [-0.05, 0) is 105 Å². The van der Waals surface area contributed by atoms with Gasteiger partial charge in [0.05, 0.1) is 74.8 Å². The average molecular weight is 935 g/mol. The molecule has 362 valence electrons. The Morgan fingerprint density at radius 3 is 1.57 bits per heavy atom. The van der Waals surface area contributed by atoms with Crippen molar-refractivity contribution in [3.05, 3.63) is 95.1 Å². The molecule has 0 saturated carbocycles. The number of benzene rings is 3. The minimum Gasteiger partial charge on any atom is -0.469 e. The maximum absolute atomic E-state index is 13.8. The van der Waals surface area contributed by atoms with Crippen LogP contribution in [0.5, 0.6) is 0 Å². The summed E-state index contributed by atoms with van der Waals surface area (Å²) in [5.74, 6) is -3.90. The molecule has 1 unspecified atom stereocenters. The van der Waals surface area contributed by atoms with E-state index in [9.17, 15) is 41.9 Å². The Morgan fingerprint density at radius 1 is 0.642 bits per heavy atom. The van der Waals surface area contributed by atoms with E-state index in [0.717, 1.165) is 28.8 Å². The van der Waals surface area contributed by atoms with Gasteiger partial charge < -0.3 is 39.0 Å². The molecule has 17 heteroatoms. The van der Waals surface area contributed by atoms with Gasteiger partial charge in [-0.15, -0.1) is 0 Å². The maximum Gasteiger partial charge on any atom is 0.416 e. The quantitative estimate of drug-likeness (QED) is 0.128. The van der Waals surface area contributed by atoms with Crippen molar-refractivity contribution >= 4 is 46.8 Å². The lowest BCUT2D eigenvalue weighted by atomic mass is 9.95. The molecule has 3 saturated heterocycles. The number of hydrogen-bond donors (Lipinski definition) is 1. The number of rotatable bonds is 18. The second kappa shape index (κ2) is 22.3. The number of nitrogens with one attached hydrogen (secondary N) is 1. The van der Waals surface area contributed by atoms with E-state index < -0.39 is 59.8 Å². The zero-order valence-corrected chi connectivity index (χ0v) is 38.9. The molecule has 0 aromatic heterocycles. The third kappa shape index (κ3) is 11.8. The first-order valence-corrected chi connectivity index (χ1v) is 22.8. The summed E-state index contributed by atoms with van der Waals surface area (Å²) in [6.07, 6.45) is -2.42. The second-order valence-corrected chi connectivity index (χ2v) is 17.6. The number of amides is 3. The summed E-state index contributed by atoms with van der Waals surface area (Å²) in [6.45, 7) is 4.14. The number of Topliss-reactive ketones (excluding diaryl/α,β-unsaturated/α-hetero) is 1. The number of esters is 2. The zero-order valence-electron chi connectivity index (χ0n) is 38.9. The number of methoxy groups -OCH3 is 4. The molecule has 3 fully saturated rings. The topological polar surface area (TPSA) is 161 Å². The highest BCUT2D eigenvalue weighted by Gasteiger charge is 2.42.